The number of aliphatic hydroxyl groups is 1. The van der Waals surface area contributed by atoms with Crippen molar-refractivity contribution in [2.75, 3.05) is 13.2 Å². The minimum atomic E-state index is -0.555. The van der Waals surface area contributed by atoms with Gasteiger partial charge in [0.25, 0.3) is 0 Å². The summed E-state index contributed by atoms with van der Waals surface area (Å²) in [6, 6.07) is 7.57. The molecule has 0 saturated heterocycles. The van der Waals surface area contributed by atoms with Crippen LogP contribution in [0, 0.1) is 6.92 Å². The molecule has 21 heavy (non-hydrogen) atoms. The van der Waals surface area contributed by atoms with E-state index in [1.54, 1.807) is 0 Å². The molecule has 0 aliphatic rings. The van der Waals surface area contributed by atoms with E-state index >= 15 is 0 Å². The van der Waals surface area contributed by atoms with Crippen LogP contribution in [0.5, 0.6) is 5.75 Å². The summed E-state index contributed by atoms with van der Waals surface area (Å²) in [7, 11) is 1.92. The Morgan fingerprint density at radius 3 is 2.95 bits per heavy atom. The zero-order valence-electron chi connectivity index (χ0n) is 12.2. The van der Waals surface area contributed by atoms with E-state index < -0.39 is 6.10 Å². The maximum Gasteiger partial charge on any atom is 0.120 e. The van der Waals surface area contributed by atoms with E-state index in [0.29, 0.717) is 13.1 Å². The van der Waals surface area contributed by atoms with Crippen LogP contribution in [0.2, 0.25) is 0 Å². The number of nitrogens with one attached hydrogen (secondary N) is 1. The molecule has 1 heterocycles. The maximum atomic E-state index is 9.91. The fraction of sp³-hybridized carbons (Fsp3) is 0.400. The minimum Gasteiger partial charge on any atom is -0.491 e. The molecule has 1 atom stereocenters. The van der Waals surface area contributed by atoms with Crippen LogP contribution in [0.25, 0.3) is 0 Å². The van der Waals surface area contributed by atoms with E-state index in [1.165, 1.54) is 0 Å². The molecule has 2 aromatic rings. The van der Waals surface area contributed by atoms with E-state index in [4.69, 9.17) is 4.74 Å². The number of nitrogens with zero attached hydrogens (tertiary/aromatic N) is 2. The molecule has 1 aromatic carbocycles. The lowest BCUT2D eigenvalue weighted by molar-refractivity contribution is 0.106. The van der Waals surface area contributed by atoms with Gasteiger partial charge in [-0.1, -0.05) is 22.0 Å². The van der Waals surface area contributed by atoms with Gasteiger partial charge in [0.1, 0.15) is 18.5 Å². The number of hydrogen-bond acceptors (Lipinski definition) is 4. The molecule has 2 N–H and O–H groups in total. The predicted molar refractivity (Wildman–Crippen MR) is 85.3 cm³/mol. The number of hydrogen-bond donors (Lipinski definition) is 2. The predicted octanol–water partition coefficient (Wildman–Crippen LogP) is 2.02. The van der Waals surface area contributed by atoms with Gasteiger partial charge in [-0.3, -0.25) is 4.68 Å². The SMILES string of the molecule is Cc1c(CNCC(O)COc2cccc(Br)c2)cnn1C. The van der Waals surface area contributed by atoms with Gasteiger partial charge in [0.15, 0.2) is 0 Å². The summed E-state index contributed by atoms with van der Waals surface area (Å²) in [5, 5.41) is 17.3. The molecular weight excluding hydrogens is 334 g/mol. The molecule has 0 aliphatic carbocycles. The van der Waals surface area contributed by atoms with E-state index in [1.807, 2.05) is 49.1 Å². The highest BCUT2D eigenvalue weighted by molar-refractivity contribution is 9.10. The van der Waals surface area contributed by atoms with Gasteiger partial charge >= 0.3 is 0 Å². The lowest BCUT2D eigenvalue weighted by Crippen LogP contribution is -2.31. The summed E-state index contributed by atoms with van der Waals surface area (Å²) in [6.45, 7) is 3.45. The van der Waals surface area contributed by atoms with Crippen molar-refractivity contribution < 1.29 is 9.84 Å². The summed E-state index contributed by atoms with van der Waals surface area (Å²) in [4.78, 5) is 0. The molecule has 1 unspecified atom stereocenters. The smallest absolute Gasteiger partial charge is 0.120 e. The summed E-state index contributed by atoms with van der Waals surface area (Å²) in [6.07, 6.45) is 1.29. The second-order valence-electron chi connectivity index (χ2n) is 4.93. The maximum absolute atomic E-state index is 9.91. The van der Waals surface area contributed by atoms with Crippen molar-refractivity contribution in [1.82, 2.24) is 15.1 Å². The van der Waals surface area contributed by atoms with Gasteiger partial charge in [0.2, 0.25) is 0 Å². The number of ether oxygens (including phenoxy) is 1. The number of aryl methyl sites for hydroxylation is 1. The van der Waals surface area contributed by atoms with Crippen LogP contribution < -0.4 is 10.1 Å². The van der Waals surface area contributed by atoms with Crippen LogP contribution in [-0.2, 0) is 13.6 Å². The van der Waals surface area contributed by atoms with Crippen molar-refractivity contribution >= 4 is 15.9 Å². The molecule has 0 radical (unpaired) electrons. The highest BCUT2D eigenvalue weighted by Gasteiger charge is 2.07. The number of halogens is 1. The molecule has 2 rings (SSSR count). The van der Waals surface area contributed by atoms with Crippen LogP contribution in [0.1, 0.15) is 11.3 Å². The lowest BCUT2D eigenvalue weighted by Gasteiger charge is -2.13. The number of benzene rings is 1. The van der Waals surface area contributed by atoms with Crippen LogP contribution in [0.3, 0.4) is 0 Å². The molecular formula is C15H20BrN3O2. The average molecular weight is 354 g/mol. The van der Waals surface area contributed by atoms with Gasteiger partial charge in [-0.15, -0.1) is 0 Å². The van der Waals surface area contributed by atoms with Gasteiger partial charge in [0, 0.05) is 35.9 Å². The number of aromatic nitrogens is 2. The summed E-state index contributed by atoms with van der Waals surface area (Å²) < 4.78 is 8.34. The van der Waals surface area contributed by atoms with Gasteiger partial charge in [-0.25, -0.2) is 0 Å². The first kappa shape index (κ1) is 16.0. The highest BCUT2D eigenvalue weighted by Crippen LogP contribution is 2.17. The molecule has 1 aromatic heterocycles. The molecule has 0 bridgehead atoms. The highest BCUT2D eigenvalue weighted by atomic mass is 79.9. The first-order valence-corrected chi connectivity index (χ1v) is 7.60. The van der Waals surface area contributed by atoms with Crippen molar-refractivity contribution in [2.24, 2.45) is 7.05 Å². The third-order valence-electron chi connectivity index (χ3n) is 3.27. The van der Waals surface area contributed by atoms with Crippen molar-refractivity contribution in [3.8, 4) is 5.75 Å². The topological polar surface area (TPSA) is 59.3 Å². The van der Waals surface area contributed by atoms with Gasteiger partial charge in [-0.05, 0) is 25.1 Å². The van der Waals surface area contributed by atoms with Crippen molar-refractivity contribution in [3.05, 3.63) is 46.2 Å². The Bertz CT molecular complexity index is 586. The monoisotopic (exact) mass is 353 g/mol. The Balaban J connectivity index is 1.70. The molecule has 0 spiro atoms. The molecule has 0 fully saturated rings. The van der Waals surface area contributed by atoms with E-state index in [9.17, 15) is 5.11 Å². The second kappa shape index (κ2) is 7.59. The number of aliphatic hydroxyl groups excluding tert-OH is 1. The average Bonchev–Trinajstić information content (AvgIpc) is 2.77. The second-order valence-corrected chi connectivity index (χ2v) is 5.85. The van der Waals surface area contributed by atoms with Crippen molar-refractivity contribution in [2.45, 2.75) is 19.6 Å². The lowest BCUT2D eigenvalue weighted by atomic mass is 10.2. The molecule has 0 aliphatic heterocycles. The van der Waals surface area contributed by atoms with Crippen LogP contribution in [-0.4, -0.2) is 34.1 Å². The van der Waals surface area contributed by atoms with Crippen LogP contribution >= 0.6 is 15.9 Å². The Hall–Kier alpha value is -1.37. The third-order valence-corrected chi connectivity index (χ3v) is 3.76. The van der Waals surface area contributed by atoms with Crippen molar-refractivity contribution in [1.29, 1.82) is 0 Å². The van der Waals surface area contributed by atoms with E-state index in [-0.39, 0.29) is 6.61 Å². The zero-order valence-corrected chi connectivity index (χ0v) is 13.8. The van der Waals surface area contributed by atoms with Gasteiger partial charge < -0.3 is 15.2 Å². The standard InChI is InChI=1S/C15H20BrN3O2/c1-11-12(8-18-19(11)2)7-17-9-14(20)10-21-15-5-3-4-13(16)6-15/h3-6,8,14,17,20H,7,9-10H2,1-2H3. The van der Waals surface area contributed by atoms with E-state index in [2.05, 4.69) is 26.3 Å². The van der Waals surface area contributed by atoms with Gasteiger partial charge in [-0.2, -0.15) is 5.10 Å². The van der Waals surface area contributed by atoms with Crippen LogP contribution in [0.15, 0.2) is 34.9 Å². The summed E-state index contributed by atoms with van der Waals surface area (Å²) in [5.74, 6) is 0.742. The zero-order chi connectivity index (χ0) is 15.2. The first-order chi connectivity index (χ1) is 10.1. The third kappa shape index (κ3) is 4.84. The Morgan fingerprint density at radius 1 is 1.48 bits per heavy atom. The summed E-state index contributed by atoms with van der Waals surface area (Å²) >= 11 is 3.38. The largest absolute Gasteiger partial charge is 0.491 e. The Morgan fingerprint density at radius 2 is 2.29 bits per heavy atom. The summed E-state index contributed by atoms with van der Waals surface area (Å²) in [5.41, 5.74) is 2.26. The fourth-order valence-electron chi connectivity index (χ4n) is 1.90. The van der Waals surface area contributed by atoms with Gasteiger partial charge in [0.05, 0.1) is 6.20 Å². The number of rotatable bonds is 7. The molecule has 6 heteroatoms. The normalized spacial score (nSPS) is 12.4. The fourth-order valence-corrected chi connectivity index (χ4v) is 2.28. The minimum absolute atomic E-state index is 0.259. The van der Waals surface area contributed by atoms with E-state index in [0.717, 1.165) is 21.5 Å². The molecule has 0 amide bonds. The Labute approximate surface area is 133 Å². The first-order valence-electron chi connectivity index (χ1n) is 6.81. The Kier molecular flexibility index (Phi) is 5.78. The van der Waals surface area contributed by atoms with Crippen molar-refractivity contribution in [3.63, 3.8) is 0 Å². The molecule has 114 valence electrons. The molecule has 5 nitrogen and oxygen atoms in total. The molecule has 0 saturated carbocycles. The quantitative estimate of drug-likeness (QED) is 0.799. The van der Waals surface area contributed by atoms with Crippen LogP contribution in [0.4, 0.5) is 0 Å².